The minimum Gasteiger partial charge on any atom is -0.411 e. The van der Waals surface area contributed by atoms with Crippen LogP contribution < -0.4 is 0 Å². The fraction of sp³-hybridized carbons (Fsp3) is 0.417. The highest BCUT2D eigenvalue weighted by molar-refractivity contribution is 5.84. The van der Waals surface area contributed by atoms with Gasteiger partial charge in [-0.05, 0) is 17.7 Å². The molecule has 2 rings (SSSR count). The van der Waals surface area contributed by atoms with E-state index >= 15 is 0 Å². The third-order valence-electron chi connectivity index (χ3n) is 2.89. The lowest BCUT2D eigenvalue weighted by Crippen LogP contribution is -2.33. The van der Waals surface area contributed by atoms with Crippen LogP contribution in [-0.4, -0.2) is 28.9 Å². The van der Waals surface area contributed by atoms with Crippen molar-refractivity contribution in [3.8, 4) is 0 Å². The van der Waals surface area contributed by atoms with Crippen molar-refractivity contribution in [1.29, 1.82) is 0 Å². The number of oxime groups is 1. The summed E-state index contributed by atoms with van der Waals surface area (Å²) in [6, 6.07) is 6.59. The lowest BCUT2D eigenvalue weighted by Gasteiger charge is -2.26. The molecule has 16 heavy (non-hydrogen) atoms. The fourth-order valence-electron chi connectivity index (χ4n) is 1.92. The molecule has 1 aromatic rings. The molecule has 1 saturated heterocycles. The van der Waals surface area contributed by atoms with E-state index in [1.807, 2.05) is 12.1 Å². The molecule has 86 valence electrons. The number of piperidine rings is 1. The summed E-state index contributed by atoms with van der Waals surface area (Å²) in [7, 11) is 0. The summed E-state index contributed by atoms with van der Waals surface area (Å²) in [6.45, 7) is 2.63. The van der Waals surface area contributed by atoms with Crippen LogP contribution in [0.15, 0.2) is 29.4 Å². The van der Waals surface area contributed by atoms with Crippen LogP contribution in [0.1, 0.15) is 18.4 Å². The van der Waals surface area contributed by atoms with E-state index in [0.29, 0.717) is 0 Å². The molecule has 4 heteroatoms. The van der Waals surface area contributed by atoms with Gasteiger partial charge in [-0.3, -0.25) is 4.90 Å². The topological polar surface area (TPSA) is 35.8 Å². The van der Waals surface area contributed by atoms with Gasteiger partial charge in [-0.2, -0.15) is 0 Å². The summed E-state index contributed by atoms with van der Waals surface area (Å²) in [5, 5.41) is 11.9. The van der Waals surface area contributed by atoms with Crippen LogP contribution in [0, 0.1) is 5.82 Å². The van der Waals surface area contributed by atoms with E-state index in [2.05, 4.69) is 10.1 Å². The van der Waals surface area contributed by atoms with Gasteiger partial charge >= 0.3 is 0 Å². The molecule has 1 aromatic carbocycles. The summed E-state index contributed by atoms with van der Waals surface area (Å²) in [4.78, 5) is 2.28. The molecular formula is C12H15FN2O. The first kappa shape index (κ1) is 11.1. The fourth-order valence-corrected chi connectivity index (χ4v) is 1.92. The number of rotatable bonds is 2. The molecule has 3 nitrogen and oxygen atoms in total. The number of halogens is 1. The zero-order valence-electron chi connectivity index (χ0n) is 9.06. The number of nitrogens with zero attached hydrogens (tertiary/aromatic N) is 2. The van der Waals surface area contributed by atoms with Crippen molar-refractivity contribution in [1.82, 2.24) is 4.90 Å². The Morgan fingerprint density at radius 2 is 1.81 bits per heavy atom. The first-order valence-corrected chi connectivity index (χ1v) is 5.44. The quantitative estimate of drug-likeness (QED) is 0.615. The highest BCUT2D eigenvalue weighted by Gasteiger charge is 2.15. The zero-order valence-corrected chi connectivity index (χ0v) is 9.06. The second kappa shape index (κ2) is 5.07. The molecular weight excluding hydrogens is 207 g/mol. The maximum atomic E-state index is 12.7. The first-order valence-electron chi connectivity index (χ1n) is 5.44. The van der Waals surface area contributed by atoms with Gasteiger partial charge in [-0.15, -0.1) is 0 Å². The van der Waals surface area contributed by atoms with Crippen molar-refractivity contribution in [2.45, 2.75) is 19.4 Å². The Kier molecular flexibility index (Phi) is 3.51. The molecule has 1 heterocycles. The van der Waals surface area contributed by atoms with Gasteiger partial charge in [0.2, 0.25) is 0 Å². The number of benzene rings is 1. The summed E-state index contributed by atoms with van der Waals surface area (Å²) >= 11 is 0. The molecule has 0 saturated carbocycles. The average Bonchev–Trinajstić information content (AvgIpc) is 2.33. The molecule has 0 radical (unpaired) electrons. The maximum Gasteiger partial charge on any atom is 0.123 e. The van der Waals surface area contributed by atoms with Gasteiger partial charge in [0.25, 0.3) is 0 Å². The van der Waals surface area contributed by atoms with Crippen LogP contribution in [0.4, 0.5) is 4.39 Å². The second-order valence-corrected chi connectivity index (χ2v) is 4.07. The molecule has 1 fully saturated rings. The highest BCUT2D eigenvalue weighted by Crippen LogP contribution is 2.12. The molecule has 0 bridgehead atoms. The normalized spacial score (nSPS) is 17.4. The van der Waals surface area contributed by atoms with Crippen LogP contribution in [0.3, 0.4) is 0 Å². The number of hydrogen-bond donors (Lipinski definition) is 1. The number of likely N-dealkylation sites (tertiary alicyclic amines) is 1. The zero-order chi connectivity index (χ0) is 11.4. The molecule has 1 aliphatic heterocycles. The summed E-state index contributed by atoms with van der Waals surface area (Å²) in [6.07, 6.45) is 1.63. The Labute approximate surface area is 94.2 Å². The molecule has 1 N–H and O–H groups in total. The second-order valence-electron chi connectivity index (χ2n) is 4.07. The Hall–Kier alpha value is -1.42. The summed E-state index contributed by atoms with van der Waals surface area (Å²) in [5.74, 6) is -0.197. The number of hydrogen-bond acceptors (Lipinski definition) is 3. The molecule has 0 atom stereocenters. The molecule has 0 amide bonds. The van der Waals surface area contributed by atoms with Gasteiger partial charge in [-0.25, -0.2) is 4.39 Å². The van der Waals surface area contributed by atoms with Crippen molar-refractivity contribution in [3.63, 3.8) is 0 Å². The summed E-state index contributed by atoms with van der Waals surface area (Å²) < 4.78 is 12.7. The van der Waals surface area contributed by atoms with Gasteiger partial charge in [-0.1, -0.05) is 17.3 Å². The molecule has 0 aromatic heterocycles. The van der Waals surface area contributed by atoms with Crippen LogP contribution in [0.25, 0.3) is 0 Å². The first-order chi connectivity index (χ1) is 7.78. The Balaban J connectivity index is 1.89. The Morgan fingerprint density at radius 3 is 2.38 bits per heavy atom. The third-order valence-corrected chi connectivity index (χ3v) is 2.89. The smallest absolute Gasteiger partial charge is 0.123 e. The predicted octanol–water partition coefficient (Wildman–Crippen LogP) is 2.25. The average molecular weight is 222 g/mol. The standard InChI is InChI=1S/C12H15FN2O/c13-11-3-1-10(2-4-11)9-15-7-5-12(14-16)6-8-15/h1-4,16H,5-9H2. The van der Waals surface area contributed by atoms with Gasteiger partial charge in [0.1, 0.15) is 5.82 Å². The van der Waals surface area contributed by atoms with E-state index in [1.54, 1.807) is 0 Å². The van der Waals surface area contributed by atoms with Crippen LogP contribution in [0.2, 0.25) is 0 Å². The predicted molar refractivity (Wildman–Crippen MR) is 60.1 cm³/mol. The molecule has 0 aliphatic carbocycles. The highest BCUT2D eigenvalue weighted by atomic mass is 19.1. The lowest BCUT2D eigenvalue weighted by atomic mass is 10.1. The van der Waals surface area contributed by atoms with Gasteiger partial charge < -0.3 is 5.21 Å². The van der Waals surface area contributed by atoms with Crippen molar-refractivity contribution < 1.29 is 9.60 Å². The van der Waals surface area contributed by atoms with Gasteiger partial charge in [0.15, 0.2) is 0 Å². The van der Waals surface area contributed by atoms with E-state index in [-0.39, 0.29) is 5.82 Å². The summed E-state index contributed by atoms with van der Waals surface area (Å²) in [5.41, 5.74) is 1.99. The van der Waals surface area contributed by atoms with Crippen molar-refractivity contribution in [2.75, 3.05) is 13.1 Å². The lowest BCUT2D eigenvalue weighted by molar-refractivity contribution is 0.256. The minimum absolute atomic E-state index is 0.197. The van der Waals surface area contributed by atoms with Crippen molar-refractivity contribution >= 4 is 5.71 Å². The largest absolute Gasteiger partial charge is 0.411 e. The van der Waals surface area contributed by atoms with E-state index in [1.165, 1.54) is 12.1 Å². The molecule has 1 aliphatic rings. The minimum atomic E-state index is -0.197. The van der Waals surface area contributed by atoms with E-state index < -0.39 is 0 Å². The van der Waals surface area contributed by atoms with E-state index in [9.17, 15) is 4.39 Å². The van der Waals surface area contributed by atoms with Crippen LogP contribution in [-0.2, 0) is 6.54 Å². The Morgan fingerprint density at radius 1 is 1.19 bits per heavy atom. The van der Waals surface area contributed by atoms with Crippen molar-refractivity contribution in [3.05, 3.63) is 35.6 Å². The van der Waals surface area contributed by atoms with E-state index in [0.717, 1.165) is 43.8 Å². The van der Waals surface area contributed by atoms with E-state index in [4.69, 9.17) is 5.21 Å². The molecule has 0 unspecified atom stereocenters. The monoisotopic (exact) mass is 222 g/mol. The van der Waals surface area contributed by atoms with Gasteiger partial charge in [0, 0.05) is 32.5 Å². The maximum absolute atomic E-state index is 12.7. The van der Waals surface area contributed by atoms with Crippen LogP contribution in [0.5, 0.6) is 0 Å². The molecule has 0 spiro atoms. The Bertz CT molecular complexity index is 365. The van der Waals surface area contributed by atoms with Crippen molar-refractivity contribution in [2.24, 2.45) is 5.16 Å². The van der Waals surface area contributed by atoms with Gasteiger partial charge in [0.05, 0.1) is 5.71 Å². The third kappa shape index (κ3) is 2.79. The van der Waals surface area contributed by atoms with Crippen LogP contribution >= 0.6 is 0 Å². The SMILES string of the molecule is ON=C1CCN(Cc2ccc(F)cc2)CC1.